The summed E-state index contributed by atoms with van der Waals surface area (Å²) in [5, 5.41) is 0. The zero-order valence-electron chi connectivity index (χ0n) is 6.96. The minimum atomic E-state index is -0.357. The van der Waals surface area contributed by atoms with Crippen molar-refractivity contribution in [2.24, 2.45) is 0 Å². The molecule has 0 saturated carbocycles. The van der Waals surface area contributed by atoms with E-state index in [1.165, 1.54) is 0 Å². The van der Waals surface area contributed by atoms with Crippen LogP contribution in [-0.4, -0.2) is 29.5 Å². The van der Waals surface area contributed by atoms with E-state index in [1.807, 2.05) is 0 Å². The van der Waals surface area contributed by atoms with Crippen LogP contribution in [0.25, 0.3) is 0 Å². The summed E-state index contributed by atoms with van der Waals surface area (Å²) in [6.45, 7) is 3.02. The Balaban J connectivity index is 2.95. The molecule has 1 aliphatic heterocycles. The fourth-order valence-electron chi connectivity index (χ4n) is 1.06. The third-order valence-corrected chi connectivity index (χ3v) is 1.95. The molecule has 0 saturated heterocycles. The molecule has 0 aromatic rings. The topological polar surface area (TPSA) is 54.5 Å². The fourth-order valence-corrected chi connectivity index (χ4v) is 1.06. The van der Waals surface area contributed by atoms with Crippen molar-refractivity contribution in [3.63, 3.8) is 0 Å². The van der Waals surface area contributed by atoms with Gasteiger partial charge < -0.3 is 4.79 Å². The standard InChI is InChI=1S/C8H9NO3/c1-5-6(2)8(12)9(3-4-10)7(5)11/h4H,3H2,1-2H3. The van der Waals surface area contributed by atoms with E-state index in [1.54, 1.807) is 13.8 Å². The monoisotopic (exact) mass is 167 g/mol. The van der Waals surface area contributed by atoms with Crippen molar-refractivity contribution >= 4 is 18.1 Å². The molecule has 0 aromatic carbocycles. The minimum absolute atomic E-state index is 0.146. The molecule has 1 aliphatic rings. The van der Waals surface area contributed by atoms with Gasteiger partial charge >= 0.3 is 0 Å². The second-order valence-electron chi connectivity index (χ2n) is 2.64. The Hall–Kier alpha value is -1.45. The van der Waals surface area contributed by atoms with Gasteiger partial charge in [-0.3, -0.25) is 14.5 Å². The number of imide groups is 1. The van der Waals surface area contributed by atoms with Crippen LogP contribution in [0.4, 0.5) is 0 Å². The zero-order valence-corrected chi connectivity index (χ0v) is 6.96. The van der Waals surface area contributed by atoms with E-state index in [2.05, 4.69) is 0 Å². The number of carbonyl (C=O) groups is 3. The minimum Gasteiger partial charge on any atom is -0.301 e. The quantitative estimate of drug-likeness (QED) is 0.426. The Morgan fingerprint density at radius 3 is 1.92 bits per heavy atom. The molecule has 2 amide bonds. The highest BCUT2D eigenvalue weighted by Gasteiger charge is 2.32. The molecule has 1 heterocycles. The molecular formula is C8H9NO3. The van der Waals surface area contributed by atoms with Crippen LogP contribution in [0.15, 0.2) is 11.1 Å². The van der Waals surface area contributed by atoms with E-state index in [0.29, 0.717) is 17.4 Å². The molecule has 0 N–H and O–H groups in total. The van der Waals surface area contributed by atoms with Gasteiger partial charge in [-0.1, -0.05) is 0 Å². The van der Waals surface area contributed by atoms with Crippen molar-refractivity contribution in [1.82, 2.24) is 4.90 Å². The van der Waals surface area contributed by atoms with Crippen LogP contribution >= 0.6 is 0 Å². The van der Waals surface area contributed by atoms with Crippen molar-refractivity contribution in [3.05, 3.63) is 11.1 Å². The maximum absolute atomic E-state index is 11.2. The van der Waals surface area contributed by atoms with Gasteiger partial charge in [0.05, 0.1) is 6.54 Å². The van der Waals surface area contributed by atoms with E-state index in [0.717, 1.165) is 4.90 Å². The smallest absolute Gasteiger partial charge is 0.257 e. The van der Waals surface area contributed by atoms with Crippen LogP contribution in [0.5, 0.6) is 0 Å². The Morgan fingerprint density at radius 1 is 1.17 bits per heavy atom. The predicted octanol–water partition coefficient (Wildman–Crippen LogP) is -0.109. The molecule has 12 heavy (non-hydrogen) atoms. The summed E-state index contributed by atoms with van der Waals surface area (Å²) in [4.78, 5) is 33.5. The van der Waals surface area contributed by atoms with Crippen molar-refractivity contribution in [2.45, 2.75) is 13.8 Å². The van der Waals surface area contributed by atoms with Crippen molar-refractivity contribution in [3.8, 4) is 0 Å². The first kappa shape index (κ1) is 8.64. The van der Waals surface area contributed by atoms with Crippen molar-refractivity contribution in [2.75, 3.05) is 6.54 Å². The van der Waals surface area contributed by atoms with Gasteiger partial charge in [0.15, 0.2) is 0 Å². The Bertz CT molecular complexity index is 267. The lowest BCUT2D eigenvalue weighted by atomic mass is 10.2. The molecule has 64 valence electrons. The lowest BCUT2D eigenvalue weighted by Crippen LogP contribution is -2.32. The van der Waals surface area contributed by atoms with Gasteiger partial charge in [-0.05, 0) is 13.8 Å². The third kappa shape index (κ3) is 1.05. The summed E-state index contributed by atoms with van der Waals surface area (Å²) >= 11 is 0. The summed E-state index contributed by atoms with van der Waals surface area (Å²) in [5.41, 5.74) is 0.865. The summed E-state index contributed by atoms with van der Waals surface area (Å²) in [7, 11) is 0. The lowest BCUT2D eigenvalue weighted by Gasteiger charge is -2.09. The number of hydrogen-bond acceptors (Lipinski definition) is 3. The highest BCUT2D eigenvalue weighted by molar-refractivity contribution is 6.19. The first-order valence-corrected chi connectivity index (χ1v) is 3.57. The van der Waals surface area contributed by atoms with Gasteiger partial charge in [-0.2, -0.15) is 0 Å². The largest absolute Gasteiger partial charge is 0.301 e. The number of aldehydes is 1. The third-order valence-electron chi connectivity index (χ3n) is 1.95. The molecule has 4 nitrogen and oxygen atoms in total. The van der Waals surface area contributed by atoms with Crippen LogP contribution in [0.1, 0.15) is 13.8 Å². The normalized spacial score (nSPS) is 17.7. The number of carbonyl (C=O) groups excluding carboxylic acids is 3. The Kier molecular flexibility index (Phi) is 2.08. The van der Waals surface area contributed by atoms with E-state index in [9.17, 15) is 14.4 Å². The molecule has 0 atom stereocenters. The van der Waals surface area contributed by atoms with Crippen molar-refractivity contribution < 1.29 is 14.4 Å². The molecule has 4 heteroatoms. The molecule has 1 rings (SSSR count). The van der Waals surface area contributed by atoms with E-state index >= 15 is 0 Å². The number of nitrogens with zero attached hydrogens (tertiary/aromatic N) is 1. The van der Waals surface area contributed by atoms with Crippen LogP contribution in [-0.2, 0) is 14.4 Å². The van der Waals surface area contributed by atoms with E-state index < -0.39 is 0 Å². The fraction of sp³-hybridized carbons (Fsp3) is 0.375. The average molecular weight is 167 g/mol. The van der Waals surface area contributed by atoms with Gasteiger partial charge in [0.2, 0.25) is 0 Å². The Labute approximate surface area is 69.8 Å². The maximum Gasteiger partial charge on any atom is 0.257 e. The summed E-state index contributed by atoms with van der Waals surface area (Å²) < 4.78 is 0. The van der Waals surface area contributed by atoms with Gasteiger partial charge in [0.1, 0.15) is 6.29 Å². The molecule has 0 spiro atoms. The van der Waals surface area contributed by atoms with Gasteiger partial charge in [0, 0.05) is 11.1 Å². The number of hydrogen-bond donors (Lipinski definition) is 0. The second kappa shape index (κ2) is 2.89. The molecule has 0 unspecified atom stereocenters. The molecular weight excluding hydrogens is 158 g/mol. The zero-order chi connectivity index (χ0) is 9.30. The number of amides is 2. The van der Waals surface area contributed by atoms with Gasteiger partial charge in [-0.15, -0.1) is 0 Å². The highest BCUT2D eigenvalue weighted by atomic mass is 16.2. The van der Waals surface area contributed by atoms with Crippen LogP contribution in [0.3, 0.4) is 0 Å². The second-order valence-corrected chi connectivity index (χ2v) is 2.64. The Morgan fingerprint density at radius 2 is 1.58 bits per heavy atom. The summed E-state index contributed by atoms with van der Waals surface area (Å²) in [5.74, 6) is -0.714. The number of rotatable bonds is 2. The van der Waals surface area contributed by atoms with Gasteiger partial charge in [0.25, 0.3) is 11.8 Å². The van der Waals surface area contributed by atoms with E-state index in [4.69, 9.17) is 0 Å². The predicted molar refractivity (Wildman–Crippen MR) is 41.2 cm³/mol. The SMILES string of the molecule is CC1=C(C)C(=O)N(CC=O)C1=O. The first-order chi connectivity index (χ1) is 5.59. The average Bonchev–Trinajstić information content (AvgIpc) is 2.23. The molecule has 0 bridgehead atoms. The van der Waals surface area contributed by atoms with Crippen LogP contribution < -0.4 is 0 Å². The van der Waals surface area contributed by atoms with Crippen molar-refractivity contribution in [1.29, 1.82) is 0 Å². The highest BCUT2D eigenvalue weighted by Crippen LogP contribution is 2.18. The molecule has 0 radical (unpaired) electrons. The van der Waals surface area contributed by atoms with Crippen LogP contribution in [0, 0.1) is 0 Å². The lowest BCUT2D eigenvalue weighted by molar-refractivity contribution is -0.139. The first-order valence-electron chi connectivity index (χ1n) is 3.57. The molecule has 0 fully saturated rings. The van der Waals surface area contributed by atoms with E-state index in [-0.39, 0.29) is 18.4 Å². The molecule has 0 aromatic heterocycles. The summed E-state index contributed by atoms with van der Waals surface area (Å²) in [6.07, 6.45) is 0.543. The maximum atomic E-state index is 11.2. The van der Waals surface area contributed by atoms with Crippen LogP contribution in [0.2, 0.25) is 0 Å². The molecule has 0 aliphatic carbocycles. The van der Waals surface area contributed by atoms with Gasteiger partial charge in [-0.25, -0.2) is 0 Å². The summed E-state index contributed by atoms with van der Waals surface area (Å²) in [6, 6.07) is 0.